The number of carbonyl (C=O) groups is 1. The summed E-state index contributed by atoms with van der Waals surface area (Å²) in [5.41, 5.74) is 0.953. The molecule has 4 aliphatic carbocycles. The van der Waals surface area contributed by atoms with Gasteiger partial charge in [-0.3, -0.25) is 9.69 Å². The van der Waals surface area contributed by atoms with E-state index in [4.69, 9.17) is 4.74 Å². The van der Waals surface area contributed by atoms with Crippen molar-refractivity contribution in [2.24, 2.45) is 34.5 Å². The van der Waals surface area contributed by atoms with Crippen molar-refractivity contribution in [1.29, 1.82) is 0 Å². The summed E-state index contributed by atoms with van der Waals surface area (Å²) in [6.07, 6.45) is 14.9. The van der Waals surface area contributed by atoms with Gasteiger partial charge in [0.15, 0.2) is 0 Å². The van der Waals surface area contributed by atoms with Crippen molar-refractivity contribution in [3.05, 3.63) is 0 Å². The number of ether oxygens (including phenoxy) is 1. The maximum atomic E-state index is 12.8. The number of carbonyl (C=O) groups excluding carboxylic acids is 1. The van der Waals surface area contributed by atoms with Crippen LogP contribution in [0.1, 0.15) is 84.5 Å². The van der Waals surface area contributed by atoms with Crippen LogP contribution in [0.5, 0.6) is 0 Å². The first kappa shape index (κ1) is 17.4. The lowest BCUT2D eigenvalue weighted by Crippen LogP contribution is -2.63. The van der Waals surface area contributed by atoms with Crippen molar-refractivity contribution in [3.63, 3.8) is 0 Å². The van der Waals surface area contributed by atoms with Gasteiger partial charge in [0.25, 0.3) is 0 Å². The van der Waals surface area contributed by atoms with Crippen LogP contribution in [0.4, 0.5) is 0 Å². The summed E-state index contributed by atoms with van der Waals surface area (Å²) in [6, 6.07) is 0.442. The monoisotopic (exact) mass is 371 g/mol. The van der Waals surface area contributed by atoms with Crippen molar-refractivity contribution >= 4 is 5.78 Å². The summed E-state index contributed by atoms with van der Waals surface area (Å²) < 4.78 is 6.04. The molecule has 6 rings (SSSR count). The fraction of sp³-hybridized carbons (Fsp3) is 0.958. The zero-order valence-corrected chi connectivity index (χ0v) is 17.3. The Morgan fingerprint density at radius 2 is 1.85 bits per heavy atom. The van der Waals surface area contributed by atoms with Crippen molar-refractivity contribution in [1.82, 2.24) is 4.90 Å². The van der Waals surface area contributed by atoms with Gasteiger partial charge in [0.1, 0.15) is 12.0 Å². The number of hydrogen-bond acceptors (Lipinski definition) is 3. The van der Waals surface area contributed by atoms with Gasteiger partial charge >= 0.3 is 0 Å². The second-order valence-corrected chi connectivity index (χ2v) is 11.5. The first-order valence-corrected chi connectivity index (χ1v) is 11.9. The van der Waals surface area contributed by atoms with Crippen molar-refractivity contribution in [2.45, 2.75) is 103 Å². The molecule has 5 unspecified atom stereocenters. The van der Waals surface area contributed by atoms with E-state index in [9.17, 15) is 4.79 Å². The van der Waals surface area contributed by atoms with Gasteiger partial charge < -0.3 is 4.74 Å². The summed E-state index contributed by atoms with van der Waals surface area (Å²) in [5.74, 6) is 3.87. The number of hydrogen-bond donors (Lipinski definition) is 0. The number of epoxide rings is 1. The minimum absolute atomic E-state index is 0.328. The smallest absolute Gasteiger partial charge is 0.138 e. The molecular weight excluding hydrogens is 334 g/mol. The van der Waals surface area contributed by atoms with Crippen LogP contribution in [-0.4, -0.2) is 35.6 Å². The number of rotatable bonds is 1. The predicted octanol–water partition coefficient (Wildman–Crippen LogP) is 4.79. The molecule has 3 nitrogen and oxygen atoms in total. The maximum Gasteiger partial charge on any atom is 0.138 e. The molecule has 2 saturated heterocycles. The number of nitrogens with zero attached hydrogens (tertiary/aromatic N) is 1. The SMILES string of the molecule is C[C@@]12CCCC1C1CCC3CC(=O)CC(N4CCC[C@@H]5O[C@@H]54)[C@]3(C)C1CC2. The lowest BCUT2D eigenvalue weighted by Gasteiger charge is -2.63. The lowest BCUT2D eigenvalue weighted by atomic mass is 9.44. The zero-order valence-electron chi connectivity index (χ0n) is 17.3. The minimum atomic E-state index is 0.328. The minimum Gasteiger partial charge on any atom is -0.353 e. The third-order valence-corrected chi connectivity index (χ3v) is 10.5. The third-order valence-electron chi connectivity index (χ3n) is 10.5. The van der Waals surface area contributed by atoms with Gasteiger partial charge in [-0.2, -0.15) is 0 Å². The van der Waals surface area contributed by atoms with E-state index in [1.807, 2.05) is 0 Å². The largest absolute Gasteiger partial charge is 0.353 e. The molecule has 0 amide bonds. The molecule has 9 atom stereocenters. The zero-order chi connectivity index (χ0) is 18.4. The Balaban J connectivity index is 1.36. The Labute approximate surface area is 164 Å². The molecule has 2 aliphatic heterocycles. The van der Waals surface area contributed by atoms with E-state index in [1.54, 1.807) is 0 Å². The molecule has 0 aromatic carbocycles. The van der Waals surface area contributed by atoms with Gasteiger partial charge in [0.2, 0.25) is 0 Å². The fourth-order valence-electron chi connectivity index (χ4n) is 9.14. The summed E-state index contributed by atoms with van der Waals surface area (Å²) in [4.78, 5) is 15.4. The second-order valence-electron chi connectivity index (χ2n) is 11.5. The first-order chi connectivity index (χ1) is 13.0. The summed E-state index contributed by atoms with van der Waals surface area (Å²) in [7, 11) is 0. The van der Waals surface area contributed by atoms with Crippen LogP contribution in [-0.2, 0) is 9.53 Å². The van der Waals surface area contributed by atoms with Crippen molar-refractivity contribution in [3.8, 4) is 0 Å². The van der Waals surface area contributed by atoms with Crippen molar-refractivity contribution in [2.75, 3.05) is 6.54 Å². The van der Waals surface area contributed by atoms with E-state index in [2.05, 4.69) is 18.7 Å². The molecule has 0 N–H and O–H groups in total. The molecule has 6 fully saturated rings. The van der Waals surface area contributed by atoms with E-state index >= 15 is 0 Å². The molecule has 0 aromatic rings. The van der Waals surface area contributed by atoms with Crippen LogP contribution < -0.4 is 0 Å². The molecule has 4 saturated carbocycles. The molecule has 27 heavy (non-hydrogen) atoms. The lowest BCUT2D eigenvalue weighted by molar-refractivity contribution is -0.161. The Kier molecular flexibility index (Phi) is 3.76. The van der Waals surface area contributed by atoms with E-state index in [-0.39, 0.29) is 0 Å². The van der Waals surface area contributed by atoms with E-state index < -0.39 is 0 Å². The van der Waals surface area contributed by atoms with E-state index in [0.29, 0.717) is 40.9 Å². The molecule has 0 radical (unpaired) electrons. The van der Waals surface area contributed by atoms with Crippen LogP contribution in [0.15, 0.2) is 0 Å². The molecule has 3 heteroatoms. The van der Waals surface area contributed by atoms with Crippen molar-refractivity contribution < 1.29 is 9.53 Å². The van der Waals surface area contributed by atoms with Gasteiger partial charge in [-0.05, 0) is 85.9 Å². The molecule has 0 bridgehead atoms. The molecule has 6 aliphatic rings. The maximum absolute atomic E-state index is 12.8. The van der Waals surface area contributed by atoms with Crippen LogP contribution in [0, 0.1) is 34.5 Å². The Hall–Kier alpha value is -0.410. The second kappa shape index (κ2) is 5.81. The van der Waals surface area contributed by atoms with Crippen LogP contribution >= 0.6 is 0 Å². The van der Waals surface area contributed by atoms with Gasteiger partial charge in [-0.25, -0.2) is 0 Å². The standard InChI is InChI=1S/C24H37NO2/c1-23-10-3-5-18(23)17-8-7-15-13-16(26)14-21(24(15,2)19(17)9-11-23)25-12-4-6-20-22(25)27-20/h15,17-22H,3-14H2,1-2H3/t15?,17?,18?,19?,20-,21?,22-,23-,24-/m0/s1. The quantitative estimate of drug-likeness (QED) is 0.622. The van der Waals surface area contributed by atoms with E-state index in [1.165, 1.54) is 57.8 Å². The highest BCUT2D eigenvalue weighted by Gasteiger charge is 2.63. The predicted molar refractivity (Wildman–Crippen MR) is 105 cm³/mol. The molecule has 0 spiro atoms. The van der Waals surface area contributed by atoms with Crippen LogP contribution in [0.3, 0.4) is 0 Å². The van der Waals surface area contributed by atoms with Crippen LogP contribution in [0.25, 0.3) is 0 Å². The average Bonchev–Trinajstić information content (AvgIpc) is 3.34. The Morgan fingerprint density at radius 3 is 2.74 bits per heavy atom. The topological polar surface area (TPSA) is 32.8 Å². The van der Waals surface area contributed by atoms with Gasteiger partial charge in [-0.15, -0.1) is 0 Å². The molecule has 150 valence electrons. The summed E-state index contributed by atoms with van der Waals surface area (Å²) in [5, 5.41) is 0. The normalized spacial score (nSPS) is 57.4. The molecular formula is C24H37NO2. The van der Waals surface area contributed by atoms with Gasteiger partial charge in [0, 0.05) is 25.4 Å². The summed E-state index contributed by atoms with van der Waals surface area (Å²) >= 11 is 0. The number of likely N-dealkylation sites (tertiary alicyclic amines) is 1. The first-order valence-electron chi connectivity index (χ1n) is 11.9. The highest BCUT2D eigenvalue weighted by Crippen LogP contribution is 2.66. The average molecular weight is 372 g/mol. The highest BCUT2D eigenvalue weighted by atomic mass is 16.6. The fourth-order valence-corrected chi connectivity index (χ4v) is 9.14. The molecule has 0 aromatic heterocycles. The highest BCUT2D eigenvalue weighted by molar-refractivity contribution is 5.80. The number of fused-ring (bicyclic) bond motifs is 6. The molecule has 2 heterocycles. The summed E-state index contributed by atoms with van der Waals surface area (Å²) in [6.45, 7) is 6.37. The van der Waals surface area contributed by atoms with E-state index in [0.717, 1.165) is 37.1 Å². The van der Waals surface area contributed by atoms with Gasteiger partial charge in [-0.1, -0.05) is 20.3 Å². The van der Waals surface area contributed by atoms with Crippen LogP contribution in [0.2, 0.25) is 0 Å². The third kappa shape index (κ3) is 2.37. The van der Waals surface area contributed by atoms with Gasteiger partial charge in [0.05, 0.1) is 6.10 Å². The number of ketones is 1. The number of Topliss-reactive ketones (excluding diaryl/α,β-unsaturated/α-hetero) is 1. The number of piperidine rings is 1. The Bertz CT molecular complexity index is 648. The Morgan fingerprint density at radius 1 is 0.963 bits per heavy atom.